The summed E-state index contributed by atoms with van der Waals surface area (Å²) in [6.07, 6.45) is 0.254. The van der Waals surface area contributed by atoms with E-state index >= 15 is 0 Å². The van der Waals surface area contributed by atoms with Crippen LogP contribution in [0.5, 0.6) is 0 Å². The second kappa shape index (κ2) is 6.41. The first-order chi connectivity index (χ1) is 9.58. The van der Waals surface area contributed by atoms with E-state index in [2.05, 4.69) is 0 Å². The number of aliphatic carboxylic acids is 1. The van der Waals surface area contributed by atoms with Crippen molar-refractivity contribution in [3.8, 4) is 0 Å². The van der Waals surface area contributed by atoms with Crippen molar-refractivity contribution in [3.05, 3.63) is 35.9 Å². The second-order valence-corrected chi connectivity index (χ2v) is 5.20. The van der Waals surface area contributed by atoms with E-state index in [1.54, 1.807) is 0 Å². The van der Waals surface area contributed by atoms with E-state index in [1.807, 2.05) is 37.3 Å². The number of carboxylic acid groups (broad SMARTS) is 1. The highest BCUT2D eigenvalue weighted by molar-refractivity contribution is 5.73. The van der Waals surface area contributed by atoms with Crippen LogP contribution in [0.3, 0.4) is 0 Å². The molecule has 2 unspecified atom stereocenters. The fraction of sp³-hybridized carbons (Fsp3) is 0.467. The Bertz CT molecular complexity index is 474. The predicted octanol–water partition coefficient (Wildman–Crippen LogP) is 2.37. The number of carboxylic acids is 1. The van der Waals surface area contributed by atoms with Gasteiger partial charge in [-0.1, -0.05) is 37.3 Å². The van der Waals surface area contributed by atoms with Crippen LogP contribution in [0.1, 0.15) is 18.9 Å². The summed E-state index contributed by atoms with van der Waals surface area (Å²) in [4.78, 5) is 24.6. The van der Waals surface area contributed by atoms with Gasteiger partial charge in [0.05, 0.1) is 5.92 Å². The van der Waals surface area contributed by atoms with Gasteiger partial charge in [0.1, 0.15) is 6.61 Å². The van der Waals surface area contributed by atoms with Gasteiger partial charge in [0, 0.05) is 13.1 Å². The SMILES string of the molecule is CC1CCN(C(=O)OCc2ccccc2)CC1C(=O)O. The number of amides is 1. The lowest BCUT2D eigenvalue weighted by Crippen LogP contribution is -2.45. The number of hydrogen-bond acceptors (Lipinski definition) is 3. The highest BCUT2D eigenvalue weighted by Crippen LogP contribution is 2.24. The first-order valence-electron chi connectivity index (χ1n) is 6.76. The zero-order valence-corrected chi connectivity index (χ0v) is 11.5. The first-order valence-corrected chi connectivity index (χ1v) is 6.76. The number of rotatable bonds is 3. The lowest BCUT2D eigenvalue weighted by atomic mass is 9.87. The molecular formula is C15H19NO4. The molecule has 0 bridgehead atoms. The Kier molecular flexibility index (Phi) is 4.61. The molecule has 1 aliphatic heterocycles. The Morgan fingerprint density at radius 3 is 2.70 bits per heavy atom. The van der Waals surface area contributed by atoms with Crippen molar-refractivity contribution in [1.29, 1.82) is 0 Å². The van der Waals surface area contributed by atoms with E-state index in [-0.39, 0.29) is 19.1 Å². The smallest absolute Gasteiger partial charge is 0.410 e. The van der Waals surface area contributed by atoms with Crippen molar-refractivity contribution in [2.24, 2.45) is 11.8 Å². The van der Waals surface area contributed by atoms with E-state index in [0.29, 0.717) is 13.0 Å². The molecule has 1 fully saturated rings. The van der Waals surface area contributed by atoms with Crippen LogP contribution in [0, 0.1) is 11.8 Å². The molecule has 1 N–H and O–H groups in total. The van der Waals surface area contributed by atoms with E-state index in [1.165, 1.54) is 4.90 Å². The maximum absolute atomic E-state index is 12.0. The van der Waals surface area contributed by atoms with Crippen molar-refractivity contribution >= 4 is 12.1 Å². The van der Waals surface area contributed by atoms with Crippen LogP contribution in [0.25, 0.3) is 0 Å². The van der Waals surface area contributed by atoms with Gasteiger partial charge in [-0.15, -0.1) is 0 Å². The average molecular weight is 277 g/mol. The Balaban J connectivity index is 1.88. The molecule has 5 heteroatoms. The molecule has 20 heavy (non-hydrogen) atoms. The largest absolute Gasteiger partial charge is 0.481 e. The molecule has 0 aromatic heterocycles. The number of benzene rings is 1. The van der Waals surface area contributed by atoms with Crippen molar-refractivity contribution in [3.63, 3.8) is 0 Å². The summed E-state index contributed by atoms with van der Waals surface area (Å²) in [6.45, 7) is 2.90. The fourth-order valence-corrected chi connectivity index (χ4v) is 2.37. The molecule has 1 saturated heterocycles. The molecule has 0 spiro atoms. The summed E-state index contributed by atoms with van der Waals surface area (Å²) in [6, 6.07) is 9.42. The van der Waals surface area contributed by atoms with Crippen LogP contribution < -0.4 is 0 Å². The van der Waals surface area contributed by atoms with Crippen molar-refractivity contribution in [2.75, 3.05) is 13.1 Å². The molecule has 1 aromatic rings. The average Bonchev–Trinajstić information content (AvgIpc) is 2.46. The molecule has 108 valence electrons. The number of likely N-dealkylation sites (tertiary alicyclic amines) is 1. The molecular weight excluding hydrogens is 258 g/mol. The van der Waals surface area contributed by atoms with Crippen molar-refractivity contribution in [1.82, 2.24) is 4.90 Å². The fourth-order valence-electron chi connectivity index (χ4n) is 2.37. The topological polar surface area (TPSA) is 66.8 Å². The van der Waals surface area contributed by atoms with Gasteiger partial charge < -0.3 is 14.7 Å². The van der Waals surface area contributed by atoms with Crippen LogP contribution in [-0.2, 0) is 16.1 Å². The van der Waals surface area contributed by atoms with Crippen LogP contribution in [0.4, 0.5) is 4.79 Å². The summed E-state index contributed by atoms with van der Waals surface area (Å²) < 4.78 is 5.22. The van der Waals surface area contributed by atoms with Crippen LogP contribution >= 0.6 is 0 Å². The summed E-state index contributed by atoms with van der Waals surface area (Å²) >= 11 is 0. The Morgan fingerprint density at radius 2 is 2.05 bits per heavy atom. The number of nitrogens with zero attached hydrogens (tertiary/aromatic N) is 1. The van der Waals surface area contributed by atoms with Crippen molar-refractivity contribution in [2.45, 2.75) is 20.0 Å². The monoisotopic (exact) mass is 277 g/mol. The van der Waals surface area contributed by atoms with Crippen LogP contribution in [0.15, 0.2) is 30.3 Å². The summed E-state index contributed by atoms with van der Waals surface area (Å²) in [5, 5.41) is 9.14. The quantitative estimate of drug-likeness (QED) is 0.921. The molecule has 0 saturated carbocycles. The lowest BCUT2D eigenvalue weighted by molar-refractivity contribution is -0.145. The van der Waals surface area contributed by atoms with Gasteiger partial charge in [-0.25, -0.2) is 4.79 Å². The predicted molar refractivity (Wildman–Crippen MR) is 73.1 cm³/mol. The lowest BCUT2D eigenvalue weighted by Gasteiger charge is -2.34. The van der Waals surface area contributed by atoms with Crippen LogP contribution in [-0.4, -0.2) is 35.2 Å². The Hall–Kier alpha value is -2.04. The van der Waals surface area contributed by atoms with Gasteiger partial charge in [-0.05, 0) is 17.9 Å². The molecule has 1 heterocycles. The van der Waals surface area contributed by atoms with E-state index < -0.39 is 18.0 Å². The molecule has 5 nitrogen and oxygen atoms in total. The van der Waals surface area contributed by atoms with Gasteiger partial charge in [0.25, 0.3) is 0 Å². The van der Waals surface area contributed by atoms with Gasteiger partial charge in [0.15, 0.2) is 0 Å². The molecule has 1 aliphatic rings. The minimum Gasteiger partial charge on any atom is -0.481 e. The van der Waals surface area contributed by atoms with Crippen molar-refractivity contribution < 1.29 is 19.4 Å². The van der Waals surface area contributed by atoms with Gasteiger partial charge in [0.2, 0.25) is 0 Å². The zero-order valence-electron chi connectivity index (χ0n) is 11.5. The summed E-state index contributed by atoms with van der Waals surface area (Å²) in [7, 11) is 0. The summed E-state index contributed by atoms with van der Waals surface area (Å²) in [5.74, 6) is -1.27. The molecule has 2 atom stereocenters. The third kappa shape index (κ3) is 3.50. The van der Waals surface area contributed by atoms with Gasteiger partial charge >= 0.3 is 12.1 Å². The Labute approximate surface area is 118 Å². The first kappa shape index (κ1) is 14.4. The molecule has 0 radical (unpaired) electrons. The molecule has 2 rings (SSSR count). The maximum atomic E-state index is 12.0. The van der Waals surface area contributed by atoms with E-state index in [9.17, 15) is 9.59 Å². The zero-order chi connectivity index (χ0) is 14.5. The highest BCUT2D eigenvalue weighted by Gasteiger charge is 2.34. The highest BCUT2D eigenvalue weighted by atomic mass is 16.6. The standard InChI is InChI=1S/C15H19NO4/c1-11-7-8-16(9-13(11)14(17)18)15(19)20-10-12-5-3-2-4-6-12/h2-6,11,13H,7-10H2,1H3,(H,17,18). The van der Waals surface area contributed by atoms with Gasteiger partial charge in [-0.2, -0.15) is 0 Å². The number of hydrogen-bond donors (Lipinski definition) is 1. The third-order valence-corrected chi connectivity index (χ3v) is 3.74. The molecule has 1 aromatic carbocycles. The van der Waals surface area contributed by atoms with Crippen LogP contribution in [0.2, 0.25) is 0 Å². The van der Waals surface area contributed by atoms with E-state index in [4.69, 9.17) is 9.84 Å². The minimum absolute atomic E-state index is 0.0886. The molecule has 1 amide bonds. The number of carbonyl (C=O) groups is 2. The second-order valence-electron chi connectivity index (χ2n) is 5.20. The maximum Gasteiger partial charge on any atom is 0.410 e. The number of carbonyl (C=O) groups excluding carboxylic acids is 1. The van der Waals surface area contributed by atoms with Gasteiger partial charge in [-0.3, -0.25) is 4.79 Å². The Morgan fingerprint density at radius 1 is 1.35 bits per heavy atom. The number of ether oxygens (including phenoxy) is 1. The molecule has 0 aliphatic carbocycles. The summed E-state index contributed by atoms with van der Waals surface area (Å²) in [5.41, 5.74) is 0.918. The third-order valence-electron chi connectivity index (χ3n) is 3.74. The minimum atomic E-state index is -0.849. The van der Waals surface area contributed by atoms with E-state index in [0.717, 1.165) is 5.56 Å². The number of piperidine rings is 1. The normalized spacial score (nSPS) is 22.4.